The Balaban J connectivity index is 1.41. The van der Waals surface area contributed by atoms with Crippen molar-refractivity contribution in [3.63, 3.8) is 0 Å². The minimum absolute atomic E-state index is 0.434. The van der Waals surface area contributed by atoms with Crippen molar-refractivity contribution in [3.05, 3.63) is 101 Å². The molecule has 0 aliphatic carbocycles. The standard InChI is InChI=1S/C30H29N3O4/c1-20(29(34)32-26-14-8-9-15-27(26)36-2)37-30(35)28-22-12-6-7-13-24(22)31-25-16-17-33(19-23(25)28)18-21-10-4-3-5-11-21/h3-15,20H,16-19H2,1-2H3,(H,32,34). The highest BCUT2D eigenvalue weighted by Gasteiger charge is 2.29. The fraction of sp³-hybridized carbons (Fsp3) is 0.233. The molecule has 1 aliphatic heterocycles. The Bertz CT molecular complexity index is 1440. The van der Waals surface area contributed by atoms with Crippen LogP contribution in [0.5, 0.6) is 5.75 Å². The molecule has 3 aromatic carbocycles. The Morgan fingerprint density at radius 3 is 2.54 bits per heavy atom. The third-order valence-corrected chi connectivity index (χ3v) is 6.60. The molecule has 0 saturated carbocycles. The van der Waals surface area contributed by atoms with Crippen molar-refractivity contribution in [2.24, 2.45) is 0 Å². The molecule has 1 amide bonds. The molecule has 2 heterocycles. The van der Waals surface area contributed by atoms with Gasteiger partial charge in [0.2, 0.25) is 0 Å². The lowest BCUT2D eigenvalue weighted by Gasteiger charge is -2.30. The minimum atomic E-state index is -1.01. The predicted octanol–water partition coefficient (Wildman–Crippen LogP) is 4.99. The molecule has 0 radical (unpaired) electrons. The highest BCUT2D eigenvalue weighted by molar-refractivity contribution is 6.06. The number of fused-ring (bicyclic) bond motifs is 2. The van der Waals surface area contributed by atoms with E-state index in [2.05, 4.69) is 22.3 Å². The van der Waals surface area contributed by atoms with Crippen molar-refractivity contribution in [1.82, 2.24) is 9.88 Å². The lowest BCUT2D eigenvalue weighted by atomic mass is 9.95. The van der Waals surface area contributed by atoms with Crippen LogP contribution >= 0.6 is 0 Å². The number of benzene rings is 3. The number of carbonyl (C=O) groups excluding carboxylic acids is 2. The average Bonchev–Trinajstić information content (AvgIpc) is 2.92. The van der Waals surface area contributed by atoms with E-state index in [1.165, 1.54) is 12.7 Å². The second-order valence-electron chi connectivity index (χ2n) is 9.11. The van der Waals surface area contributed by atoms with E-state index < -0.39 is 18.0 Å². The van der Waals surface area contributed by atoms with Crippen LogP contribution in [-0.2, 0) is 29.0 Å². The molecule has 5 rings (SSSR count). The molecular formula is C30H29N3O4. The smallest absolute Gasteiger partial charge is 0.339 e. The molecule has 1 unspecified atom stereocenters. The lowest BCUT2D eigenvalue weighted by Crippen LogP contribution is -2.34. The monoisotopic (exact) mass is 495 g/mol. The molecule has 1 N–H and O–H groups in total. The number of nitrogens with zero attached hydrogens (tertiary/aromatic N) is 2. The van der Waals surface area contributed by atoms with Crippen molar-refractivity contribution >= 4 is 28.5 Å². The van der Waals surface area contributed by atoms with Gasteiger partial charge in [-0.2, -0.15) is 0 Å². The van der Waals surface area contributed by atoms with Gasteiger partial charge >= 0.3 is 5.97 Å². The van der Waals surface area contributed by atoms with E-state index in [1.807, 2.05) is 48.5 Å². The first-order valence-electron chi connectivity index (χ1n) is 12.3. The zero-order chi connectivity index (χ0) is 25.8. The van der Waals surface area contributed by atoms with Gasteiger partial charge in [0.25, 0.3) is 5.91 Å². The molecule has 0 fully saturated rings. The van der Waals surface area contributed by atoms with Crippen molar-refractivity contribution in [1.29, 1.82) is 0 Å². The summed E-state index contributed by atoms with van der Waals surface area (Å²) >= 11 is 0. The highest BCUT2D eigenvalue weighted by Crippen LogP contribution is 2.30. The summed E-state index contributed by atoms with van der Waals surface area (Å²) in [6, 6.07) is 25.0. The second kappa shape index (κ2) is 10.8. The summed E-state index contributed by atoms with van der Waals surface area (Å²) in [5.74, 6) is -0.433. The van der Waals surface area contributed by atoms with Gasteiger partial charge in [0.15, 0.2) is 6.10 Å². The number of nitrogens with one attached hydrogen (secondary N) is 1. The van der Waals surface area contributed by atoms with E-state index in [-0.39, 0.29) is 0 Å². The minimum Gasteiger partial charge on any atom is -0.495 e. The van der Waals surface area contributed by atoms with Crippen LogP contribution in [0.15, 0.2) is 78.9 Å². The second-order valence-corrected chi connectivity index (χ2v) is 9.11. The van der Waals surface area contributed by atoms with Crippen molar-refractivity contribution in [2.75, 3.05) is 19.0 Å². The first-order valence-corrected chi connectivity index (χ1v) is 12.3. The third-order valence-electron chi connectivity index (χ3n) is 6.60. The molecule has 1 aromatic heterocycles. The van der Waals surface area contributed by atoms with E-state index in [9.17, 15) is 9.59 Å². The maximum atomic E-state index is 13.6. The average molecular weight is 496 g/mol. The number of para-hydroxylation sites is 3. The van der Waals surface area contributed by atoms with E-state index in [0.717, 1.165) is 41.7 Å². The number of esters is 1. The summed E-state index contributed by atoms with van der Waals surface area (Å²) in [5, 5.41) is 3.52. The summed E-state index contributed by atoms with van der Waals surface area (Å²) in [4.78, 5) is 33.7. The van der Waals surface area contributed by atoms with Crippen LogP contribution in [0, 0.1) is 0 Å². The highest BCUT2D eigenvalue weighted by atomic mass is 16.5. The Labute approximate surface area is 216 Å². The summed E-state index contributed by atoms with van der Waals surface area (Å²) in [6.45, 7) is 3.77. The van der Waals surface area contributed by atoms with E-state index in [0.29, 0.717) is 23.5 Å². The number of rotatable bonds is 7. The van der Waals surface area contributed by atoms with Gasteiger partial charge in [-0.25, -0.2) is 4.79 Å². The molecule has 188 valence electrons. The van der Waals surface area contributed by atoms with Crippen molar-refractivity contribution in [3.8, 4) is 5.75 Å². The van der Waals surface area contributed by atoms with Crippen LogP contribution in [0.1, 0.15) is 34.1 Å². The maximum absolute atomic E-state index is 13.6. The van der Waals surface area contributed by atoms with Crippen molar-refractivity contribution in [2.45, 2.75) is 32.5 Å². The van der Waals surface area contributed by atoms with Gasteiger partial charge in [0.05, 0.1) is 23.9 Å². The van der Waals surface area contributed by atoms with Gasteiger partial charge in [-0.1, -0.05) is 60.7 Å². The Morgan fingerprint density at radius 1 is 1.00 bits per heavy atom. The van der Waals surface area contributed by atoms with Gasteiger partial charge in [0.1, 0.15) is 5.75 Å². The molecular weight excluding hydrogens is 466 g/mol. The van der Waals surface area contributed by atoms with Gasteiger partial charge in [-0.05, 0) is 30.7 Å². The van der Waals surface area contributed by atoms with Gasteiger partial charge < -0.3 is 14.8 Å². The first-order chi connectivity index (χ1) is 18.0. The third kappa shape index (κ3) is 5.32. The molecule has 1 aliphatic rings. The van der Waals surface area contributed by atoms with E-state index in [4.69, 9.17) is 14.5 Å². The zero-order valence-electron chi connectivity index (χ0n) is 20.9. The summed E-state index contributed by atoms with van der Waals surface area (Å²) in [7, 11) is 1.53. The van der Waals surface area contributed by atoms with Gasteiger partial charge in [0, 0.05) is 42.7 Å². The SMILES string of the molecule is COc1ccccc1NC(=O)C(C)OC(=O)c1c2c(nc3ccccc13)CCN(Cc1ccccc1)C2. The number of ether oxygens (including phenoxy) is 2. The molecule has 1 atom stereocenters. The first kappa shape index (κ1) is 24.5. The summed E-state index contributed by atoms with van der Waals surface area (Å²) in [6.07, 6.45) is -0.277. The molecule has 0 bridgehead atoms. The summed E-state index contributed by atoms with van der Waals surface area (Å²) in [5.41, 5.74) is 4.72. The van der Waals surface area contributed by atoms with Crippen LogP contribution in [0.3, 0.4) is 0 Å². The number of hydrogen-bond acceptors (Lipinski definition) is 6. The van der Waals surface area contributed by atoms with E-state index in [1.54, 1.807) is 25.1 Å². The number of hydrogen-bond donors (Lipinski definition) is 1. The number of carbonyl (C=O) groups is 2. The maximum Gasteiger partial charge on any atom is 0.339 e. The summed E-state index contributed by atoms with van der Waals surface area (Å²) < 4.78 is 11.0. The molecule has 4 aromatic rings. The van der Waals surface area contributed by atoms with Crippen LogP contribution in [0.4, 0.5) is 5.69 Å². The van der Waals surface area contributed by atoms with Crippen LogP contribution < -0.4 is 10.1 Å². The van der Waals surface area contributed by atoms with Crippen LogP contribution in [-0.4, -0.2) is 41.5 Å². The predicted molar refractivity (Wildman–Crippen MR) is 143 cm³/mol. The molecule has 37 heavy (non-hydrogen) atoms. The number of anilines is 1. The number of amides is 1. The molecule has 0 spiro atoms. The van der Waals surface area contributed by atoms with Gasteiger partial charge in [-0.15, -0.1) is 0 Å². The largest absolute Gasteiger partial charge is 0.495 e. The number of aromatic nitrogens is 1. The number of methoxy groups -OCH3 is 1. The van der Waals surface area contributed by atoms with Crippen LogP contribution in [0.25, 0.3) is 10.9 Å². The topological polar surface area (TPSA) is 80.8 Å². The molecule has 0 saturated heterocycles. The van der Waals surface area contributed by atoms with E-state index >= 15 is 0 Å². The van der Waals surface area contributed by atoms with Crippen molar-refractivity contribution < 1.29 is 19.1 Å². The Kier molecular flexibility index (Phi) is 7.14. The molecule has 7 nitrogen and oxygen atoms in total. The normalized spacial score (nSPS) is 14.0. The quantitative estimate of drug-likeness (QED) is 0.364. The fourth-order valence-corrected chi connectivity index (χ4v) is 4.71. The number of pyridine rings is 1. The fourth-order valence-electron chi connectivity index (χ4n) is 4.71. The zero-order valence-corrected chi connectivity index (χ0v) is 20.9. The van der Waals surface area contributed by atoms with Crippen LogP contribution in [0.2, 0.25) is 0 Å². The Morgan fingerprint density at radius 2 is 1.73 bits per heavy atom. The Hall–Kier alpha value is -4.23. The van der Waals surface area contributed by atoms with Gasteiger partial charge in [-0.3, -0.25) is 14.7 Å². The lowest BCUT2D eigenvalue weighted by molar-refractivity contribution is -0.123. The molecule has 7 heteroatoms.